The lowest BCUT2D eigenvalue weighted by molar-refractivity contribution is -0.161. The summed E-state index contributed by atoms with van der Waals surface area (Å²) in [6.45, 7) is 0. The normalized spacial score (nSPS) is 19.4. The van der Waals surface area contributed by atoms with Gasteiger partial charge in [-0.15, -0.1) is 0 Å². The minimum Gasteiger partial charge on any atom is -0.360 e. The summed E-state index contributed by atoms with van der Waals surface area (Å²) in [6, 6.07) is 11.5. The zero-order chi connectivity index (χ0) is 19.7. The molecule has 0 unspecified atom stereocenters. The van der Waals surface area contributed by atoms with Crippen molar-refractivity contribution in [2.75, 3.05) is 5.32 Å². The number of alkyl halides is 3. The third-order valence-electron chi connectivity index (χ3n) is 4.01. The number of fused-ring (bicyclic) bond motifs is 1. The molecule has 0 saturated carbocycles. The van der Waals surface area contributed by atoms with Crippen molar-refractivity contribution in [2.24, 2.45) is 0 Å². The molecule has 0 saturated heterocycles. The minimum absolute atomic E-state index is 0.0780. The van der Waals surface area contributed by atoms with Crippen LogP contribution in [0.2, 0.25) is 0 Å². The van der Waals surface area contributed by atoms with Gasteiger partial charge in [0.1, 0.15) is 10.9 Å². The number of hydrogen-bond donors (Lipinski definition) is 3. The van der Waals surface area contributed by atoms with E-state index in [1.165, 1.54) is 30.3 Å². The maximum absolute atomic E-state index is 13.4. The highest BCUT2D eigenvalue weighted by molar-refractivity contribution is 7.89. The minimum atomic E-state index is -4.70. The zero-order valence-corrected chi connectivity index (χ0v) is 14.6. The van der Waals surface area contributed by atoms with E-state index in [0.717, 1.165) is 0 Å². The van der Waals surface area contributed by atoms with E-state index in [-0.39, 0.29) is 10.6 Å². The van der Waals surface area contributed by atoms with E-state index in [4.69, 9.17) is 0 Å². The van der Waals surface area contributed by atoms with Crippen LogP contribution in [0.25, 0.3) is 0 Å². The fourth-order valence-electron chi connectivity index (χ4n) is 2.70. The Labute approximate surface area is 153 Å². The number of benzene rings is 2. The van der Waals surface area contributed by atoms with Gasteiger partial charge in [0.15, 0.2) is 6.17 Å². The number of nitrogens with one attached hydrogen (secondary N) is 3. The number of anilines is 1. The van der Waals surface area contributed by atoms with E-state index < -0.39 is 40.7 Å². The van der Waals surface area contributed by atoms with Gasteiger partial charge in [-0.25, -0.2) is 8.42 Å². The molecule has 0 fully saturated rings. The first-order valence-electron chi connectivity index (χ1n) is 7.96. The Kier molecular flexibility index (Phi) is 5.11. The van der Waals surface area contributed by atoms with Crippen molar-refractivity contribution in [3.8, 4) is 0 Å². The summed E-state index contributed by atoms with van der Waals surface area (Å²) in [5, 5.41) is 4.49. The number of para-hydroxylation sites is 1. The summed E-state index contributed by atoms with van der Waals surface area (Å²) in [5.74, 6) is -1.12. The molecule has 27 heavy (non-hydrogen) atoms. The highest BCUT2D eigenvalue weighted by Crippen LogP contribution is 2.26. The molecule has 0 bridgehead atoms. The molecular formula is C17H16F3N3O3S. The predicted molar refractivity (Wildman–Crippen MR) is 92.3 cm³/mol. The Hall–Kier alpha value is -2.59. The number of carbonyl (C=O) groups is 1. The van der Waals surface area contributed by atoms with Gasteiger partial charge in [-0.05, 0) is 17.7 Å². The van der Waals surface area contributed by atoms with E-state index in [1.54, 1.807) is 24.3 Å². The van der Waals surface area contributed by atoms with E-state index >= 15 is 0 Å². The first kappa shape index (κ1) is 19.2. The monoisotopic (exact) mass is 399 g/mol. The molecule has 1 heterocycles. The second-order valence-corrected chi connectivity index (χ2v) is 7.67. The van der Waals surface area contributed by atoms with Gasteiger partial charge in [0.2, 0.25) is 10.0 Å². The topological polar surface area (TPSA) is 87.3 Å². The third-order valence-corrected chi connectivity index (χ3v) is 5.49. The van der Waals surface area contributed by atoms with Crippen LogP contribution in [-0.2, 0) is 21.2 Å². The maximum atomic E-state index is 13.4. The lowest BCUT2D eigenvalue weighted by Gasteiger charge is -2.29. The molecule has 3 rings (SSSR count). The number of amides is 1. The molecule has 0 aliphatic carbocycles. The smallest absolute Gasteiger partial charge is 0.360 e. The molecule has 1 aliphatic heterocycles. The maximum Gasteiger partial charge on any atom is 0.408 e. The lowest BCUT2D eigenvalue weighted by atomic mass is 10.1. The molecule has 0 radical (unpaired) electrons. The number of rotatable bonds is 4. The van der Waals surface area contributed by atoms with Gasteiger partial charge in [0.05, 0.1) is 5.69 Å². The molecule has 2 aromatic carbocycles. The van der Waals surface area contributed by atoms with Crippen LogP contribution in [-0.4, -0.2) is 32.7 Å². The summed E-state index contributed by atoms with van der Waals surface area (Å²) in [4.78, 5) is 12.3. The Morgan fingerprint density at radius 2 is 1.70 bits per heavy atom. The quantitative estimate of drug-likeness (QED) is 0.734. The van der Waals surface area contributed by atoms with Gasteiger partial charge < -0.3 is 10.6 Å². The Morgan fingerprint density at radius 1 is 1.07 bits per heavy atom. The van der Waals surface area contributed by atoms with Gasteiger partial charge in [-0.3, -0.25) is 4.79 Å². The molecule has 1 amide bonds. The van der Waals surface area contributed by atoms with Gasteiger partial charge in [0.25, 0.3) is 5.91 Å². The first-order chi connectivity index (χ1) is 12.7. The molecule has 0 spiro atoms. The predicted octanol–water partition coefficient (Wildman–Crippen LogP) is 2.01. The average Bonchev–Trinajstić information content (AvgIpc) is 2.60. The fraction of sp³-hybridized carbons (Fsp3) is 0.235. The van der Waals surface area contributed by atoms with Crippen molar-refractivity contribution in [1.29, 1.82) is 0 Å². The first-order valence-corrected chi connectivity index (χ1v) is 9.44. The van der Waals surface area contributed by atoms with Crippen molar-refractivity contribution >= 4 is 21.6 Å². The fourth-order valence-corrected chi connectivity index (χ4v) is 3.97. The van der Waals surface area contributed by atoms with Crippen LogP contribution in [0, 0.1) is 0 Å². The van der Waals surface area contributed by atoms with Crippen LogP contribution in [0.5, 0.6) is 0 Å². The van der Waals surface area contributed by atoms with Crippen LogP contribution in [0.1, 0.15) is 5.56 Å². The van der Waals surface area contributed by atoms with Crippen molar-refractivity contribution in [2.45, 2.75) is 29.7 Å². The van der Waals surface area contributed by atoms with E-state index in [0.29, 0.717) is 5.56 Å². The second kappa shape index (κ2) is 7.20. The van der Waals surface area contributed by atoms with Crippen LogP contribution in [0.3, 0.4) is 0 Å². The van der Waals surface area contributed by atoms with Gasteiger partial charge in [-0.2, -0.15) is 17.9 Å². The molecule has 6 nitrogen and oxygen atoms in total. The third kappa shape index (κ3) is 4.40. The van der Waals surface area contributed by atoms with E-state index in [1.807, 2.05) is 5.32 Å². The van der Waals surface area contributed by atoms with Crippen LogP contribution in [0.4, 0.5) is 18.9 Å². The number of halogens is 3. The Morgan fingerprint density at radius 3 is 2.37 bits per heavy atom. The SMILES string of the molecule is O=C(N[C@H](Cc1ccccc1)C(F)(F)F)[C@H]1Nc2ccccc2S(=O)(=O)N1. The summed E-state index contributed by atoms with van der Waals surface area (Å²) >= 11 is 0. The standard InChI is InChI=1S/C17H16F3N3O3S/c18-17(19,20)14(10-11-6-2-1-3-7-11)22-16(24)15-21-12-8-4-5-9-13(12)27(25,26)23-15/h1-9,14-15,21,23H,10H2,(H,22,24)/t14-,15+/m1/s1. The van der Waals surface area contributed by atoms with Gasteiger partial charge in [0, 0.05) is 6.42 Å². The Bertz CT molecular complexity index is 933. The van der Waals surface area contributed by atoms with Gasteiger partial charge >= 0.3 is 6.18 Å². The summed E-state index contributed by atoms with van der Waals surface area (Å²) in [5.41, 5.74) is 0.533. The Balaban J connectivity index is 1.78. The highest BCUT2D eigenvalue weighted by atomic mass is 32.2. The summed E-state index contributed by atoms with van der Waals surface area (Å²) in [6.07, 6.45) is -6.71. The highest BCUT2D eigenvalue weighted by Gasteiger charge is 2.42. The van der Waals surface area contributed by atoms with Gasteiger partial charge in [-0.1, -0.05) is 42.5 Å². The summed E-state index contributed by atoms with van der Waals surface area (Å²) in [7, 11) is -4.02. The zero-order valence-electron chi connectivity index (χ0n) is 13.8. The average molecular weight is 399 g/mol. The largest absolute Gasteiger partial charge is 0.408 e. The molecule has 1 aliphatic rings. The lowest BCUT2D eigenvalue weighted by Crippen LogP contribution is -2.58. The molecular weight excluding hydrogens is 383 g/mol. The molecule has 3 N–H and O–H groups in total. The summed E-state index contributed by atoms with van der Waals surface area (Å²) < 4.78 is 66.5. The van der Waals surface area contributed by atoms with Crippen molar-refractivity contribution in [1.82, 2.24) is 10.0 Å². The van der Waals surface area contributed by atoms with E-state index in [9.17, 15) is 26.4 Å². The number of carbonyl (C=O) groups excluding carboxylic acids is 1. The van der Waals surface area contributed by atoms with Crippen molar-refractivity contribution in [3.05, 3.63) is 60.2 Å². The second-order valence-electron chi connectivity index (χ2n) is 5.99. The van der Waals surface area contributed by atoms with Crippen LogP contribution < -0.4 is 15.4 Å². The van der Waals surface area contributed by atoms with Crippen molar-refractivity contribution < 1.29 is 26.4 Å². The molecule has 0 aromatic heterocycles. The van der Waals surface area contributed by atoms with Crippen LogP contribution in [0.15, 0.2) is 59.5 Å². The van der Waals surface area contributed by atoms with E-state index in [2.05, 4.69) is 10.0 Å². The van der Waals surface area contributed by atoms with Crippen molar-refractivity contribution in [3.63, 3.8) is 0 Å². The molecule has 10 heteroatoms. The van der Waals surface area contributed by atoms with Crippen LogP contribution >= 0.6 is 0 Å². The molecule has 2 atom stereocenters. The number of hydrogen-bond acceptors (Lipinski definition) is 4. The number of sulfonamides is 1. The molecule has 144 valence electrons. The molecule has 2 aromatic rings.